The Morgan fingerprint density at radius 3 is 2.74 bits per heavy atom. The molecule has 2 fully saturated rings. The molecule has 0 bridgehead atoms. The minimum Gasteiger partial charge on any atom is -0.375 e. The van der Waals surface area contributed by atoms with E-state index in [1.54, 1.807) is 0 Å². The molecular weight excluding hydrogens is 459 g/mol. The molecule has 1 aromatic rings. The zero-order valence-electron chi connectivity index (χ0n) is 16.7. The minimum absolute atomic E-state index is 0. The van der Waals surface area contributed by atoms with Crippen LogP contribution in [0.3, 0.4) is 0 Å². The summed E-state index contributed by atoms with van der Waals surface area (Å²) in [6.07, 6.45) is 4.56. The van der Waals surface area contributed by atoms with Gasteiger partial charge in [0.05, 0.1) is 18.4 Å². The first-order valence-electron chi connectivity index (χ1n) is 9.87. The van der Waals surface area contributed by atoms with Gasteiger partial charge in [-0.1, -0.05) is 5.16 Å². The molecule has 2 atom stereocenters. The van der Waals surface area contributed by atoms with Gasteiger partial charge in [0.25, 0.3) is 0 Å². The molecule has 8 heteroatoms. The maximum absolute atomic E-state index is 5.95. The zero-order chi connectivity index (χ0) is 18.4. The molecule has 27 heavy (non-hydrogen) atoms. The normalized spacial score (nSPS) is 23.4. The summed E-state index contributed by atoms with van der Waals surface area (Å²) in [5, 5.41) is 7.45. The van der Waals surface area contributed by atoms with E-state index in [0.29, 0.717) is 0 Å². The third-order valence-corrected chi connectivity index (χ3v) is 5.14. The predicted molar refractivity (Wildman–Crippen MR) is 116 cm³/mol. The van der Waals surface area contributed by atoms with Crippen molar-refractivity contribution in [2.24, 2.45) is 4.99 Å². The van der Waals surface area contributed by atoms with Crippen LogP contribution in [0.5, 0.6) is 0 Å². The predicted octanol–water partition coefficient (Wildman–Crippen LogP) is 2.69. The summed E-state index contributed by atoms with van der Waals surface area (Å²) >= 11 is 0. The fourth-order valence-corrected chi connectivity index (χ4v) is 3.71. The lowest BCUT2D eigenvalue weighted by atomic mass is 10.1. The number of ether oxygens (including phenoxy) is 2. The molecule has 3 rings (SSSR count). The van der Waals surface area contributed by atoms with Gasteiger partial charge in [0.2, 0.25) is 0 Å². The van der Waals surface area contributed by atoms with Gasteiger partial charge in [-0.15, -0.1) is 24.0 Å². The number of hydrogen-bond donors (Lipinski definition) is 1. The summed E-state index contributed by atoms with van der Waals surface area (Å²) in [7, 11) is 0. The van der Waals surface area contributed by atoms with Crippen LogP contribution in [0.4, 0.5) is 0 Å². The number of rotatable bonds is 6. The first-order valence-corrected chi connectivity index (χ1v) is 9.87. The number of nitrogens with one attached hydrogen (secondary N) is 1. The van der Waals surface area contributed by atoms with Crippen LogP contribution in [0.25, 0.3) is 0 Å². The van der Waals surface area contributed by atoms with Crippen LogP contribution in [0.15, 0.2) is 9.52 Å². The second-order valence-corrected chi connectivity index (χ2v) is 7.05. The van der Waals surface area contributed by atoms with Gasteiger partial charge in [0.15, 0.2) is 5.96 Å². The zero-order valence-corrected chi connectivity index (χ0v) is 19.0. The highest BCUT2D eigenvalue weighted by Crippen LogP contribution is 2.21. The fraction of sp³-hybridized carbons (Fsp3) is 0.789. The summed E-state index contributed by atoms with van der Waals surface area (Å²) in [5.74, 6) is 1.91. The number of hydrogen-bond acceptors (Lipinski definition) is 5. The highest BCUT2D eigenvalue weighted by molar-refractivity contribution is 14.0. The van der Waals surface area contributed by atoms with E-state index < -0.39 is 0 Å². The monoisotopic (exact) mass is 492 g/mol. The number of aryl methyl sites for hydroxylation is 2. The van der Waals surface area contributed by atoms with Crippen LogP contribution < -0.4 is 5.32 Å². The molecule has 2 aliphatic rings. The second-order valence-electron chi connectivity index (χ2n) is 7.05. The Kier molecular flexibility index (Phi) is 9.31. The largest absolute Gasteiger partial charge is 0.375 e. The average Bonchev–Trinajstić information content (AvgIpc) is 3.29. The number of aliphatic imine (C=N–C) groups is 1. The fourth-order valence-electron chi connectivity index (χ4n) is 3.71. The van der Waals surface area contributed by atoms with Crippen molar-refractivity contribution in [3.63, 3.8) is 0 Å². The van der Waals surface area contributed by atoms with Gasteiger partial charge >= 0.3 is 0 Å². The van der Waals surface area contributed by atoms with Gasteiger partial charge < -0.3 is 24.2 Å². The topological polar surface area (TPSA) is 72.1 Å². The lowest BCUT2D eigenvalue weighted by Gasteiger charge is -2.37. The molecular formula is C19H33IN4O3. The Morgan fingerprint density at radius 2 is 2.07 bits per heavy atom. The van der Waals surface area contributed by atoms with E-state index in [4.69, 9.17) is 19.0 Å². The van der Waals surface area contributed by atoms with E-state index in [9.17, 15) is 0 Å². The summed E-state index contributed by atoms with van der Waals surface area (Å²) in [5.41, 5.74) is 2.21. The Hall–Kier alpha value is -0.870. The Labute approximate surface area is 179 Å². The molecule has 1 aromatic heterocycles. The number of morpholine rings is 1. The molecule has 0 amide bonds. The number of guanidine groups is 1. The van der Waals surface area contributed by atoms with Crippen molar-refractivity contribution in [3.05, 3.63) is 17.0 Å². The van der Waals surface area contributed by atoms with E-state index in [1.165, 1.54) is 5.56 Å². The Balaban J connectivity index is 0.00000261. The SMILES string of the molecule is CCNC(=NCCCc1c(C)noc1C)N1CCOC(C2CCCO2)C1.I. The van der Waals surface area contributed by atoms with E-state index in [-0.39, 0.29) is 36.2 Å². The highest BCUT2D eigenvalue weighted by Gasteiger charge is 2.32. The first kappa shape index (κ1) is 22.4. The van der Waals surface area contributed by atoms with Crippen molar-refractivity contribution in [2.45, 2.75) is 58.7 Å². The molecule has 154 valence electrons. The van der Waals surface area contributed by atoms with Gasteiger partial charge in [-0.3, -0.25) is 4.99 Å². The number of halogens is 1. The number of aromatic nitrogens is 1. The maximum Gasteiger partial charge on any atom is 0.194 e. The average molecular weight is 492 g/mol. The van der Waals surface area contributed by atoms with Crippen LogP contribution in [0.2, 0.25) is 0 Å². The van der Waals surface area contributed by atoms with E-state index >= 15 is 0 Å². The van der Waals surface area contributed by atoms with Crippen molar-refractivity contribution in [1.29, 1.82) is 0 Å². The summed E-state index contributed by atoms with van der Waals surface area (Å²) < 4.78 is 17.0. The smallest absolute Gasteiger partial charge is 0.194 e. The summed E-state index contributed by atoms with van der Waals surface area (Å²) in [4.78, 5) is 7.16. The second kappa shape index (κ2) is 11.2. The minimum atomic E-state index is 0. The Bertz CT molecular complexity index is 582. The molecule has 2 aliphatic heterocycles. The quantitative estimate of drug-likeness (QED) is 0.285. The molecule has 0 spiro atoms. The molecule has 2 unspecified atom stereocenters. The van der Waals surface area contributed by atoms with Gasteiger partial charge in [0.1, 0.15) is 11.9 Å². The van der Waals surface area contributed by atoms with Crippen molar-refractivity contribution >= 4 is 29.9 Å². The third kappa shape index (κ3) is 6.05. The molecule has 0 radical (unpaired) electrons. The van der Waals surface area contributed by atoms with Crippen LogP contribution in [0.1, 0.15) is 43.2 Å². The van der Waals surface area contributed by atoms with Crippen molar-refractivity contribution < 1.29 is 14.0 Å². The van der Waals surface area contributed by atoms with Crippen LogP contribution in [0, 0.1) is 13.8 Å². The molecule has 1 N–H and O–H groups in total. The molecule has 0 aliphatic carbocycles. The molecule has 0 saturated carbocycles. The van der Waals surface area contributed by atoms with Crippen molar-refractivity contribution in [2.75, 3.05) is 39.4 Å². The van der Waals surface area contributed by atoms with Crippen molar-refractivity contribution in [3.8, 4) is 0 Å². The lowest BCUT2D eigenvalue weighted by molar-refractivity contribution is -0.0817. The number of nitrogens with zero attached hydrogens (tertiary/aromatic N) is 3. The molecule has 2 saturated heterocycles. The van der Waals surface area contributed by atoms with Gasteiger partial charge in [0, 0.05) is 38.3 Å². The van der Waals surface area contributed by atoms with Crippen molar-refractivity contribution in [1.82, 2.24) is 15.4 Å². The lowest BCUT2D eigenvalue weighted by Crippen LogP contribution is -2.53. The first-order chi connectivity index (χ1) is 12.7. The van der Waals surface area contributed by atoms with Crippen LogP contribution >= 0.6 is 24.0 Å². The third-order valence-electron chi connectivity index (χ3n) is 5.14. The summed E-state index contributed by atoms with van der Waals surface area (Å²) in [6, 6.07) is 0. The van der Waals surface area contributed by atoms with Gasteiger partial charge in [-0.2, -0.15) is 0 Å². The molecule has 7 nitrogen and oxygen atoms in total. The maximum atomic E-state index is 5.95. The standard InChI is InChI=1S/C19H32N4O3.HI/c1-4-20-19(21-9-5-7-16-14(2)22-26-15(16)3)23-10-12-25-18(13-23)17-8-6-11-24-17;/h17-18H,4-13H2,1-3H3,(H,20,21);1H. The van der Waals surface area contributed by atoms with E-state index in [1.807, 2.05) is 13.8 Å². The summed E-state index contributed by atoms with van der Waals surface area (Å²) in [6.45, 7) is 11.0. The van der Waals surface area contributed by atoms with E-state index in [2.05, 4.69) is 22.3 Å². The van der Waals surface area contributed by atoms with E-state index in [0.717, 1.165) is 82.5 Å². The molecule has 3 heterocycles. The Morgan fingerprint density at radius 1 is 1.26 bits per heavy atom. The van der Waals surface area contributed by atoms with Crippen LogP contribution in [-0.4, -0.2) is 67.6 Å². The van der Waals surface area contributed by atoms with Gasteiger partial charge in [-0.05, 0) is 46.5 Å². The van der Waals surface area contributed by atoms with Gasteiger partial charge in [-0.25, -0.2) is 0 Å². The molecule has 0 aromatic carbocycles. The van der Waals surface area contributed by atoms with Crippen LogP contribution in [-0.2, 0) is 15.9 Å². The highest BCUT2D eigenvalue weighted by atomic mass is 127.